The number of benzene rings is 1. The average Bonchev–Trinajstić information content (AvgIpc) is 2.15. The van der Waals surface area contributed by atoms with E-state index < -0.39 is 41.3 Å². The lowest BCUT2D eigenvalue weighted by Crippen LogP contribution is -2.23. The van der Waals surface area contributed by atoms with Gasteiger partial charge in [0, 0.05) is 6.07 Å². The van der Waals surface area contributed by atoms with E-state index in [0.29, 0.717) is 0 Å². The molecule has 0 saturated heterocycles. The van der Waals surface area contributed by atoms with Gasteiger partial charge >= 0.3 is 0 Å². The smallest absolute Gasteiger partial charge is 0.257 e. The Balaban J connectivity index is 0.00000225. The Morgan fingerprint density at radius 1 is 0.938 bits per heavy atom. The van der Waals surface area contributed by atoms with Crippen molar-refractivity contribution in [3.8, 4) is 0 Å². The van der Waals surface area contributed by atoms with Crippen LogP contribution in [0.1, 0.15) is 11.6 Å². The fourth-order valence-electron chi connectivity index (χ4n) is 1.01. The first-order valence-electron chi connectivity index (χ1n) is 3.73. The minimum Gasteiger partial charge on any atom is -0.319 e. The van der Waals surface area contributed by atoms with E-state index in [1.54, 1.807) is 0 Å². The minimum absolute atomic E-state index is 0. The molecule has 0 aliphatic rings. The van der Waals surface area contributed by atoms with Crippen molar-refractivity contribution in [2.45, 2.75) is 12.5 Å². The summed E-state index contributed by atoms with van der Waals surface area (Å²) in [4.78, 5) is 0. The molecule has 0 heterocycles. The third-order valence-electron chi connectivity index (χ3n) is 1.75. The second kappa shape index (κ2) is 5.40. The topological polar surface area (TPSA) is 26.0 Å². The quantitative estimate of drug-likeness (QED) is 0.646. The molecule has 0 spiro atoms. The van der Waals surface area contributed by atoms with Gasteiger partial charge < -0.3 is 5.73 Å². The molecule has 1 aromatic rings. The standard InChI is InChI=1S/C8H5F6N.ClH/c9-2-1-3(10)6(12)4(5(2)11)7(15)8(13)14;/h1,7-8H,15H2;1H/t7-;/m1./s1. The molecule has 0 aliphatic carbocycles. The largest absolute Gasteiger partial charge is 0.319 e. The number of hydrogen-bond acceptors (Lipinski definition) is 1. The summed E-state index contributed by atoms with van der Waals surface area (Å²) in [5, 5.41) is 0. The van der Waals surface area contributed by atoms with Gasteiger partial charge in [-0.15, -0.1) is 12.4 Å². The van der Waals surface area contributed by atoms with Gasteiger partial charge in [0.1, 0.15) is 0 Å². The molecule has 0 aliphatic heterocycles. The second-order valence-corrected chi connectivity index (χ2v) is 2.74. The molecule has 1 rings (SSSR count). The van der Waals surface area contributed by atoms with Gasteiger partial charge in [0.05, 0.1) is 11.6 Å². The lowest BCUT2D eigenvalue weighted by atomic mass is 10.1. The highest BCUT2D eigenvalue weighted by Crippen LogP contribution is 2.27. The SMILES string of the molecule is Cl.N[C@H](c1c(F)c(F)cc(F)c1F)C(F)F. The van der Waals surface area contributed by atoms with Crippen LogP contribution in [0, 0.1) is 23.3 Å². The molecule has 0 radical (unpaired) electrons. The molecule has 1 atom stereocenters. The molecule has 0 aromatic heterocycles. The maximum atomic E-state index is 12.9. The molecule has 92 valence electrons. The number of hydrogen-bond donors (Lipinski definition) is 1. The summed E-state index contributed by atoms with van der Waals surface area (Å²) in [6, 6.07) is -2.48. The van der Waals surface area contributed by atoms with Crippen molar-refractivity contribution in [3.05, 3.63) is 34.9 Å². The minimum atomic E-state index is -3.32. The van der Waals surface area contributed by atoms with Crippen LogP contribution in [0.15, 0.2) is 6.07 Å². The average molecular weight is 266 g/mol. The molecule has 0 unspecified atom stereocenters. The van der Waals surface area contributed by atoms with Crippen LogP contribution in [0.3, 0.4) is 0 Å². The number of nitrogens with two attached hydrogens (primary N) is 1. The number of halogens is 7. The molecule has 0 fully saturated rings. The van der Waals surface area contributed by atoms with Gasteiger partial charge in [-0.3, -0.25) is 0 Å². The van der Waals surface area contributed by atoms with E-state index in [1.165, 1.54) is 0 Å². The lowest BCUT2D eigenvalue weighted by molar-refractivity contribution is 0.112. The van der Waals surface area contributed by atoms with Crippen molar-refractivity contribution in [3.63, 3.8) is 0 Å². The van der Waals surface area contributed by atoms with Crippen LogP contribution in [0.2, 0.25) is 0 Å². The summed E-state index contributed by atoms with van der Waals surface area (Å²) in [7, 11) is 0. The Morgan fingerprint density at radius 2 is 1.31 bits per heavy atom. The van der Waals surface area contributed by atoms with Crippen LogP contribution in [0.4, 0.5) is 26.3 Å². The van der Waals surface area contributed by atoms with Gasteiger partial charge in [-0.25, -0.2) is 26.3 Å². The van der Waals surface area contributed by atoms with Crippen LogP contribution in [0.25, 0.3) is 0 Å². The zero-order valence-corrected chi connectivity index (χ0v) is 8.30. The third-order valence-corrected chi connectivity index (χ3v) is 1.75. The zero-order valence-electron chi connectivity index (χ0n) is 7.49. The highest BCUT2D eigenvalue weighted by molar-refractivity contribution is 5.85. The van der Waals surface area contributed by atoms with Gasteiger partial charge in [0.25, 0.3) is 6.43 Å². The van der Waals surface area contributed by atoms with Crippen molar-refractivity contribution in [1.82, 2.24) is 0 Å². The zero-order chi connectivity index (χ0) is 11.7. The Morgan fingerprint density at radius 3 is 1.62 bits per heavy atom. The normalized spacial score (nSPS) is 12.5. The molecule has 0 bridgehead atoms. The molecule has 0 saturated carbocycles. The predicted molar refractivity (Wildman–Crippen MR) is 46.5 cm³/mol. The van der Waals surface area contributed by atoms with Crippen molar-refractivity contribution in [2.75, 3.05) is 0 Å². The fourth-order valence-corrected chi connectivity index (χ4v) is 1.01. The molecule has 8 heteroatoms. The Bertz CT molecular complexity index is 357. The summed E-state index contributed by atoms with van der Waals surface area (Å²) in [6.07, 6.45) is -3.32. The number of alkyl halides is 2. The molecule has 1 aromatic carbocycles. The molecule has 0 amide bonds. The molecule has 2 N–H and O–H groups in total. The van der Waals surface area contributed by atoms with Crippen LogP contribution < -0.4 is 5.73 Å². The van der Waals surface area contributed by atoms with Crippen LogP contribution >= 0.6 is 12.4 Å². The maximum absolute atomic E-state index is 12.9. The van der Waals surface area contributed by atoms with Crippen molar-refractivity contribution in [1.29, 1.82) is 0 Å². The van der Waals surface area contributed by atoms with Gasteiger partial charge in [-0.05, 0) is 0 Å². The third kappa shape index (κ3) is 2.59. The second-order valence-electron chi connectivity index (χ2n) is 2.74. The van der Waals surface area contributed by atoms with Gasteiger partial charge in [-0.2, -0.15) is 0 Å². The van der Waals surface area contributed by atoms with E-state index >= 15 is 0 Å². The van der Waals surface area contributed by atoms with E-state index in [-0.39, 0.29) is 18.5 Å². The van der Waals surface area contributed by atoms with E-state index in [2.05, 4.69) is 0 Å². The van der Waals surface area contributed by atoms with Crippen LogP contribution in [0.5, 0.6) is 0 Å². The van der Waals surface area contributed by atoms with Crippen molar-refractivity contribution >= 4 is 12.4 Å². The van der Waals surface area contributed by atoms with Gasteiger partial charge in [0.15, 0.2) is 23.3 Å². The first-order valence-corrected chi connectivity index (χ1v) is 3.73. The van der Waals surface area contributed by atoms with Crippen LogP contribution in [-0.2, 0) is 0 Å². The van der Waals surface area contributed by atoms with Gasteiger partial charge in [0.2, 0.25) is 0 Å². The van der Waals surface area contributed by atoms with E-state index in [9.17, 15) is 26.3 Å². The Kier molecular flexibility index (Phi) is 5.08. The highest BCUT2D eigenvalue weighted by atomic mass is 35.5. The van der Waals surface area contributed by atoms with Gasteiger partial charge in [-0.1, -0.05) is 0 Å². The molecule has 1 nitrogen and oxygen atoms in total. The monoisotopic (exact) mass is 265 g/mol. The summed E-state index contributed by atoms with van der Waals surface area (Å²) in [5.74, 6) is -7.33. The fraction of sp³-hybridized carbons (Fsp3) is 0.250. The first-order chi connectivity index (χ1) is 6.86. The maximum Gasteiger partial charge on any atom is 0.257 e. The lowest BCUT2D eigenvalue weighted by Gasteiger charge is -2.13. The van der Waals surface area contributed by atoms with Crippen molar-refractivity contribution < 1.29 is 26.3 Å². The number of rotatable bonds is 2. The van der Waals surface area contributed by atoms with E-state index in [1.807, 2.05) is 0 Å². The summed E-state index contributed by atoms with van der Waals surface area (Å²) < 4.78 is 74.9. The summed E-state index contributed by atoms with van der Waals surface area (Å²) in [5.41, 5.74) is 3.23. The summed E-state index contributed by atoms with van der Waals surface area (Å²) in [6.45, 7) is 0. The van der Waals surface area contributed by atoms with E-state index in [0.717, 1.165) is 0 Å². The Labute approximate surface area is 92.6 Å². The van der Waals surface area contributed by atoms with Crippen LogP contribution in [-0.4, -0.2) is 6.43 Å². The Hall–Kier alpha value is -0.950. The first kappa shape index (κ1) is 15.0. The molecular weight excluding hydrogens is 260 g/mol. The summed E-state index contributed by atoms with van der Waals surface area (Å²) >= 11 is 0. The van der Waals surface area contributed by atoms with E-state index in [4.69, 9.17) is 5.73 Å². The highest BCUT2D eigenvalue weighted by Gasteiger charge is 2.29. The molecule has 16 heavy (non-hydrogen) atoms. The van der Waals surface area contributed by atoms with Crippen molar-refractivity contribution in [2.24, 2.45) is 5.73 Å². The predicted octanol–water partition coefficient (Wildman–Crippen LogP) is 2.93. The molecular formula is C8H6ClF6N.